The molecule has 0 spiro atoms. The molecule has 0 bridgehead atoms. The van der Waals surface area contributed by atoms with Crippen LogP contribution >= 0.6 is 11.6 Å². The lowest BCUT2D eigenvalue weighted by molar-refractivity contribution is -0.256. The number of benzene rings is 1. The van der Waals surface area contributed by atoms with Gasteiger partial charge in [-0.15, -0.1) is 18.2 Å². The summed E-state index contributed by atoms with van der Waals surface area (Å²) in [4.78, 5) is 21.3. The first kappa shape index (κ1) is 41.6. The van der Waals surface area contributed by atoms with E-state index in [9.17, 15) is 20.1 Å². The number of hydrogen-bond donors (Lipinski definition) is 3. The molecule has 6 unspecified atom stereocenters. The molecule has 0 radical (unpaired) electrons. The van der Waals surface area contributed by atoms with E-state index in [2.05, 4.69) is 24.4 Å². The molecule has 0 aromatic heterocycles. The normalized spacial score (nSPS) is 25.3. The van der Waals surface area contributed by atoms with Gasteiger partial charge in [0.25, 0.3) is 0 Å². The zero-order valence-corrected chi connectivity index (χ0v) is 31.2. The summed E-state index contributed by atoms with van der Waals surface area (Å²) in [7, 11) is 0. The maximum absolute atomic E-state index is 14.0. The van der Waals surface area contributed by atoms with Gasteiger partial charge in [0.1, 0.15) is 37.4 Å². The van der Waals surface area contributed by atoms with E-state index in [0.29, 0.717) is 43.3 Å². The summed E-state index contributed by atoms with van der Waals surface area (Å²) in [5, 5.41) is 33.6. The topological polar surface area (TPSA) is 149 Å². The van der Waals surface area contributed by atoms with E-state index in [1.54, 1.807) is 17.1 Å². The number of unbranched alkanes of at least 4 members (excludes halogenated alkanes) is 2. The Hall–Kier alpha value is -3.13. The maximum Gasteiger partial charge on any atom is 0.410 e. The van der Waals surface area contributed by atoms with Crippen LogP contribution in [-0.4, -0.2) is 116 Å². The highest BCUT2D eigenvalue weighted by molar-refractivity contribution is 6.18. The van der Waals surface area contributed by atoms with Crippen molar-refractivity contribution in [3.63, 3.8) is 0 Å². The van der Waals surface area contributed by atoms with E-state index in [1.165, 1.54) is 0 Å². The zero-order chi connectivity index (χ0) is 37.3. The van der Waals surface area contributed by atoms with Crippen molar-refractivity contribution in [3.05, 3.63) is 60.7 Å². The van der Waals surface area contributed by atoms with E-state index in [-0.39, 0.29) is 82.8 Å². The number of alkyl halides is 1. The predicted octanol–water partition coefficient (Wildman–Crippen LogP) is 5.59. The van der Waals surface area contributed by atoms with Gasteiger partial charge in [0.05, 0.1) is 43.9 Å². The minimum absolute atomic E-state index is 0.00164. The second-order valence-electron chi connectivity index (χ2n) is 13.1. The molecule has 1 aromatic carbocycles. The second kappa shape index (κ2) is 21.5. The van der Waals surface area contributed by atoms with Gasteiger partial charge < -0.3 is 43.8 Å². The molecule has 1 heterocycles. The smallest absolute Gasteiger partial charge is 0.410 e. The Bertz CT molecular complexity index is 1360. The van der Waals surface area contributed by atoms with E-state index in [4.69, 9.17) is 40.1 Å². The number of oxime groups is 1. The molecular formula is C39H57ClN2O10. The molecule has 1 aliphatic heterocycles. The number of aliphatic hydroxyl groups is 3. The number of halogens is 1. The Labute approximate surface area is 313 Å². The summed E-state index contributed by atoms with van der Waals surface area (Å²) in [5.74, 6) is -0.532. The van der Waals surface area contributed by atoms with Gasteiger partial charge in [-0.3, -0.25) is 4.90 Å². The van der Waals surface area contributed by atoms with E-state index >= 15 is 0 Å². The molecule has 1 amide bonds. The van der Waals surface area contributed by atoms with Crippen LogP contribution in [0, 0.1) is 17.8 Å². The highest BCUT2D eigenvalue weighted by Crippen LogP contribution is 2.62. The van der Waals surface area contributed by atoms with Gasteiger partial charge in [-0.05, 0) is 68.2 Å². The number of nitrogens with zero attached hydrogens (tertiary/aromatic N) is 2. The monoisotopic (exact) mass is 748 g/mol. The summed E-state index contributed by atoms with van der Waals surface area (Å²) in [6.07, 6.45) is 9.88. The molecule has 12 nitrogen and oxygen atoms in total. The quantitative estimate of drug-likeness (QED) is 0.0529. The Morgan fingerprint density at radius 2 is 1.83 bits per heavy atom. The summed E-state index contributed by atoms with van der Waals surface area (Å²) in [5.41, 5.74) is 2.56. The summed E-state index contributed by atoms with van der Waals surface area (Å²) in [6, 6.07) is 5.02. The molecule has 290 valence electrons. The Morgan fingerprint density at radius 3 is 2.52 bits per heavy atom. The first-order valence-corrected chi connectivity index (χ1v) is 19.1. The number of hydrogen-bond acceptors (Lipinski definition) is 11. The number of aliphatic hydroxyl groups excluding tert-OH is 3. The fraction of sp³-hybridized carbons (Fsp3) is 0.641. The van der Waals surface area contributed by atoms with Crippen molar-refractivity contribution in [3.8, 4) is 11.5 Å². The van der Waals surface area contributed by atoms with Crippen LogP contribution in [0.2, 0.25) is 0 Å². The van der Waals surface area contributed by atoms with Crippen LogP contribution < -0.4 is 9.47 Å². The largest absolute Gasteiger partial charge is 0.490 e. The zero-order valence-electron chi connectivity index (χ0n) is 30.5. The molecule has 3 aliphatic rings. The highest BCUT2D eigenvalue weighted by atomic mass is 35.5. The van der Waals surface area contributed by atoms with Crippen LogP contribution in [0.25, 0.3) is 0 Å². The molecule has 52 heavy (non-hydrogen) atoms. The minimum Gasteiger partial charge on any atom is -0.490 e. The number of carbonyl (C=O) groups is 1. The van der Waals surface area contributed by atoms with Gasteiger partial charge in [-0.1, -0.05) is 42.8 Å². The first-order chi connectivity index (χ1) is 25.4. The lowest BCUT2D eigenvalue weighted by atomic mass is 9.55. The van der Waals surface area contributed by atoms with Crippen molar-refractivity contribution in [2.45, 2.75) is 69.6 Å². The van der Waals surface area contributed by atoms with Crippen LogP contribution in [0.3, 0.4) is 0 Å². The number of ether oxygens (including phenoxy) is 5. The van der Waals surface area contributed by atoms with Crippen molar-refractivity contribution >= 4 is 23.4 Å². The minimum atomic E-state index is -1.44. The van der Waals surface area contributed by atoms with Gasteiger partial charge in [-0.25, -0.2) is 4.79 Å². The third-order valence-electron chi connectivity index (χ3n) is 9.94. The summed E-state index contributed by atoms with van der Waals surface area (Å²) >= 11 is 5.96. The maximum atomic E-state index is 14.0. The molecule has 1 aromatic rings. The first-order valence-electron chi connectivity index (χ1n) is 18.6. The molecule has 1 saturated carbocycles. The second-order valence-corrected chi connectivity index (χ2v) is 13.5. The average molecular weight is 749 g/mol. The highest BCUT2D eigenvalue weighted by Gasteiger charge is 2.65. The van der Waals surface area contributed by atoms with Crippen LogP contribution in [0.5, 0.6) is 11.5 Å². The average Bonchev–Trinajstić information content (AvgIpc) is 3.16. The lowest BCUT2D eigenvalue weighted by Gasteiger charge is -2.59. The number of rotatable bonds is 24. The van der Waals surface area contributed by atoms with Gasteiger partial charge in [0.2, 0.25) is 5.79 Å². The van der Waals surface area contributed by atoms with Crippen molar-refractivity contribution in [1.29, 1.82) is 0 Å². The van der Waals surface area contributed by atoms with E-state index < -0.39 is 23.8 Å². The van der Waals surface area contributed by atoms with Crippen molar-refractivity contribution in [2.24, 2.45) is 22.9 Å². The standard InChI is InChI=1S/C39H57ClN2O10/c1-4-20-48-29-13-14-34-32(26-29)36-30(12-8-10-18-44)28(11-7-9-17-43)25-31-33(41-51-6-3)27-35(39(52-34,37(31)36)50-21-5-2)42(16-23-47-24-19-45)38(46)49-22-15-40/h4-5,13-14,25-26,28,30,35-37,43-45H,1-2,6-12,15-24,27H2,3H3. The lowest BCUT2D eigenvalue weighted by Crippen LogP contribution is -2.70. The Kier molecular flexibility index (Phi) is 17.2. The predicted molar refractivity (Wildman–Crippen MR) is 199 cm³/mol. The molecule has 4 rings (SSSR count). The van der Waals surface area contributed by atoms with Crippen LogP contribution in [0.4, 0.5) is 4.79 Å². The molecule has 3 N–H and O–H groups in total. The molecule has 2 aliphatic carbocycles. The van der Waals surface area contributed by atoms with Crippen LogP contribution in [0.1, 0.15) is 63.4 Å². The SMILES string of the molecule is C=CCOc1ccc2c(c1)C1C(CCCCO)C(CCCCO)C=C3C(=NOCC)CC(N(CCOCCO)C(=O)OCCCl)C(OCC=C)(O2)C31. The van der Waals surface area contributed by atoms with Crippen LogP contribution in [0.15, 0.2) is 60.3 Å². The van der Waals surface area contributed by atoms with Gasteiger partial charge in [0, 0.05) is 37.7 Å². The van der Waals surface area contributed by atoms with Gasteiger partial charge in [0.15, 0.2) is 0 Å². The number of fused-ring (bicyclic) bond motifs is 2. The third kappa shape index (κ3) is 9.89. The Balaban J connectivity index is 2.01. The van der Waals surface area contributed by atoms with Crippen molar-refractivity contribution in [1.82, 2.24) is 4.90 Å². The molecule has 13 heteroatoms. The van der Waals surface area contributed by atoms with Gasteiger partial charge in [-0.2, -0.15) is 0 Å². The number of allylic oxidation sites excluding steroid dienone is 1. The number of carbonyl (C=O) groups excluding carboxylic acids is 1. The van der Waals surface area contributed by atoms with Crippen molar-refractivity contribution in [2.75, 3.05) is 71.9 Å². The van der Waals surface area contributed by atoms with Gasteiger partial charge >= 0.3 is 6.09 Å². The third-order valence-corrected chi connectivity index (χ3v) is 10.1. The van der Waals surface area contributed by atoms with Crippen molar-refractivity contribution < 1.29 is 48.6 Å². The Morgan fingerprint density at radius 1 is 1.06 bits per heavy atom. The van der Waals surface area contributed by atoms with E-state index in [1.807, 2.05) is 25.1 Å². The fourth-order valence-corrected chi connectivity index (χ4v) is 8.03. The molecule has 1 fully saturated rings. The van der Waals surface area contributed by atoms with E-state index in [0.717, 1.165) is 36.8 Å². The molecule has 0 saturated heterocycles. The molecule has 6 atom stereocenters. The molecular weight excluding hydrogens is 692 g/mol. The summed E-state index contributed by atoms with van der Waals surface area (Å²) < 4.78 is 31.4. The van der Waals surface area contributed by atoms with Crippen LogP contribution in [-0.2, 0) is 19.0 Å². The fourth-order valence-electron chi connectivity index (χ4n) is 7.95. The number of amides is 1. The summed E-state index contributed by atoms with van der Waals surface area (Å²) in [6.45, 7) is 10.8.